The Labute approximate surface area is 76.0 Å². The zero-order chi connectivity index (χ0) is 9.42. The lowest BCUT2D eigenvalue weighted by Crippen LogP contribution is -1.87. The van der Waals surface area contributed by atoms with Crippen molar-refractivity contribution in [2.45, 2.75) is 0 Å². The molecule has 64 valence electrons. The molecule has 0 atom stereocenters. The number of hydrogen-bond donors (Lipinski definition) is 1. The van der Waals surface area contributed by atoms with E-state index in [1.807, 2.05) is 29.8 Å². The van der Waals surface area contributed by atoms with Crippen molar-refractivity contribution in [1.82, 2.24) is 4.57 Å². The third-order valence-electron chi connectivity index (χ3n) is 2.17. The fourth-order valence-corrected chi connectivity index (χ4v) is 1.56. The van der Waals surface area contributed by atoms with Gasteiger partial charge in [0, 0.05) is 24.3 Å². The maximum atomic E-state index is 8.85. The van der Waals surface area contributed by atoms with Gasteiger partial charge in [-0.1, -0.05) is 6.07 Å². The molecule has 0 amide bonds. The number of rotatable bonds is 0. The minimum atomic E-state index is 0.635. The second kappa shape index (κ2) is 2.53. The van der Waals surface area contributed by atoms with E-state index in [-0.39, 0.29) is 0 Å². The molecule has 2 rings (SSSR count). The van der Waals surface area contributed by atoms with Crippen molar-refractivity contribution in [2.24, 2.45) is 7.05 Å². The molecule has 2 aromatic rings. The van der Waals surface area contributed by atoms with E-state index in [0.717, 1.165) is 10.9 Å². The summed E-state index contributed by atoms with van der Waals surface area (Å²) in [6.45, 7) is 0. The fraction of sp³-hybridized carbons (Fsp3) is 0.100. The lowest BCUT2D eigenvalue weighted by atomic mass is 10.1. The van der Waals surface area contributed by atoms with Crippen molar-refractivity contribution in [3.63, 3.8) is 0 Å². The van der Waals surface area contributed by atoms with Crippen LogP contribution in [0.1, 0.15) is 5.56 Å². The van der Waals surface area contributed by atoms with Gasteiger partial charge in [0.15, 0.2) is 0 Å². The summed E-state index contributed by atoms with van der Waals surface area (Å²) >= 11 is 0. The SMILES string of the molecule is Cn1cc(C#N)c2c(N)cccc21. The highest BCUT2D eigenvalue weighted by atomic mass is 14.9. The zero-order valence-electron chi connectivity index (χ0n) is 7.28. The zero-order valence-corrected chi connectivity index (χ0v) is 7.28. The number of aryl methyl sites for hydroxylation is 1. The van der Waals surface area contributed by atoms with Crippen molar-refractivity contribution in [1.29, 1.82) is 5.26 Å². The Bertz CT molecular complexity index is 503. The number of benzene rings is 1. The van der Waals surface area contributed by atoms with Gasteiger partial charge in [-0.25, -0.2) is 0 Å². The Morgan fingerprint density at radius 3 is 2.92 bits per heavy atom. The quantitative estimate of drug-likeness (QED) is 0.612. The van der Waals surface area contributed by atoms with Gasteiger partial charge < -0.3 is 10.3 Å². The highest BCUT2D eigenvalue weighted by Gasteiger charge is 2.07. The van der Waals surface area contributed by atoms with Crippen LogP contribution in [0.3, 0.4) is 0 Å². The molecule has 0 aliphatic carbocycles. The lowest BCUT2D eigenvalue weighted by molar-refractivity contribution is 0.967. The van der Waals surface area contributed by atoms with Gasteiger partial charge in [-0.2, -0.15) is 5.26 Å². The van der Waals surface area contributed by atoms with Crippen LogP contribution in [0.5, 0.6) is 0 Å². The van der Waals surface area contributed by atoms with Gasteiger partial charge in [0.05, 0.1) is 11.1 Å². The molecule has 0 saturated heterocycles. The molecule has 0 unspecified atom stereocenters. The Morgan fingerprint density at radius 1 is 1.46 bits per heavy atom. The van der Waals surface area contributed by atoms with E-state index in [9.17, 15) is 0 Å². The van der Waals surface area contributed by atoms with Gasteiger partial charge in [0.1, 0.15) is 6.07 Å². The molecule has 0 aliphatic heterocycles. The van der Waals surface area contributed by atoms with E-state index in [2.05, 4.69) is 6.07 Å². The first-order valence-corrected chi connectivity index (χ1v) is 3.97. The minimum Gasteiger partial charge on any atom is -0.398 e. The number of fused-ring (bicyclic) bond motifs is 1. The molecule has 3 heteroatoms. The summed E-state index contributed by atoms with van der Waals surface area (Å²) in [5, 5.41) is 9.71. The summed E-state index contributed by atoms with van der Waals surface area (Å²) in [5.41, 5.74) is 8.07. The van der Waals surface area contributed by atoms with Gasteiger partial charge in [0.2, 0.25) is 0 Å². The van der Waals surface area contributed by atoms with Gasteiger partial charge in [-0.05, 0) is 12.1 Å². The van der Waals surface area contributed by atoms with Crippen molar-refractivity contribution in [2.75, 3.05) is 5.73 Å². The molecule has 0 spiro atoms. The summed E-state index contributed by atoms with van der Waals surface area (Å²) < 4.78 is 1.91. The number of nitrogens with two attached hydrogens (primary N) is 1. The molecule has 0 radical (unpaired) electrons. The monoisotopic (exact) mass is 171 g/mol. The number of nitrogen functional groups attached to an aromatic ring is 1. The molecule has 0 saturated carbocycles. The van der Waals surface area contributed by atoms with Crippen molar-refractivity contribution in [3.8, 4) is 6.07 Å². The van der Waals surface area contributed by atoms with E-state index in [1.54, 1.807) is 6.20 Å². The molecule has 3 nitrogen and oxygen atoms in total. The van der Waals surface area contributed by atoms with Crippen molar-refractivity contribution < 1.29 is 0 Å². The number of hydrogen-bond acceptors (Lipinski definition) is 2. The van der Waals surface area contributed by atoms with Crippen LogP contribution in [0.2, 0.25) is 0 Å². The van der Waals surface area contributed by atoms with Crippen LogP contribution >= 0.6 is 0 Å². The Morgan fingerprint density at radius 2 is 2.23 bits per heavy atom. The first kappa shape index (κ1) is 7.69. The summed E-state index contributed by atoms with van der Waals surface area (Å²) in [6.07, 6.45) is 1.79. The average Bonchev–Trinajstić information content (AvgIpc) is 2.45. The summed E-state index contributed by atoms with van der Waals surface area (Å²) in [4.78, 5) is 0. The van der Waals surface area contributed by atoms with Crippen LogP contribution in [-0.2, 0) is 7.05 Å². The largest absolute Gasteiger partial charge is 0.398 e. The average molecular weight is 171 g/mol. The molecule has 1 aromatic carbocycles. The number of nitrogens with zero attached hydrogens (tertiary/aromatic N) is 2. The third-order valence-corrected chi connectivity index (χ3v) is 2.17. The van der Waals surface area contributed by atoms with E-state index in [0.29, 0.717) is 11.3 Å². The minimum absolute atomic E-state index is 0.635. The second-order valence-electron chi connectivity index (χ2n) is 3.01. The predicted molar refractivity (Wildman–Crippen MR) is 52.0 cm³/mol. The van der Waals surface area contributed by atoms with Crippen molar-refractivity contribution >= 4 is 16.6 Å². The van der Waals surface area contributed by atoms with Crippen molar-refractivity contribution in [3.05, 3.63) is 30.0 Å². The smallest absolute Gasteiger partial charge is 0.101 e. The molecule has 0 fully saturated rings. The van der Waals surface area contributed by atoms with Crippen LogP contribution < -0.4 is 5.73 Å². The van der Waals surface area contributed by atoms with Gasteiger partial charge in [-0.3, -0.25) is 0 Å². The van der Waals surface area contributed by atoms with Crippen LogP contribution in [0.15, 0.2) is 24.4 Å². The molecule has 2 N–H and O–H groups in total. The number of aromatic nitrogens is 1. The molecule has 1 aromatic heterocycles. The lowest BCUT2D eigenvalue weighted by Gasteiger charge is -1.97. The summed E-state index contributed by atoms with van der Waals surface area (Å²) in [6, 6.07) is 7.78. The number of anilines is 1. The van der Waals surface area contributed by atoms with Crippen LogP contribution in [0.4, 0.5) is 5.69 Å². The van der Waals surface area contributed by atoms with E-state index < -0.39 is 0 Å². The van der Waals surface area contributed by atoms with E-state index in [1.165, 1.54) is 0 Å². The Balaban J connectivity index is 2.99. The summed E-state index contributed by atoms with van der Waals surface area (Å²) in [5.74, 6) is 0. The Kier molecular flexibility index (Phi) is 1.49. The van der Waals surface area contributed by atoms with Crippen LogP contribution in [0, 0.1) is 11.3 Å². The first-order chi connectivity index (χ1) is 6.24. The molecule has 1 heterocycles. The maximum absolute atomic E-state index is 8.85. The van der Waals surface area contributed by atoms with Gasteiger partial charge >= 0.3 is 0 Å². The topological polar surface area (TPSA) is 54.7 Å². The number of nitriles is 1. The molecule has 13 heavy (non-hydrogen) atoms. The predicted octanol–water partition coefficient (Wildman–Crippen LogP) is 1.63. The first-order valence-electron chi connectivity index (χ1n) is 3.97. The normalized spacial score (nSPS) is 10.2. The summed E-state index contributed by atoms with van der Waals surface area (Å²) in [7, 11) is 1.91. The highest BCUT2D eigenvalue weighted by molar-refractivity contribution is 5.96. The molecular weight excluding hydrogens is 162 g/mol. The molecule has 0 bridgehead atoms. The fourth-order valence-electron chi connectivity index (χ4n) is 1.56. The van der Waals surface area contributed by atoms with Crippen LogP contribution in [0.25, 0.3) is 10.9 Å². The molecular formula is C10H9N3. The second-order valence-corrected chi connectivity index (χ2v) is 3.01. The highest BCUT2D eigenvalue weighted by Crippen LogP contribution is 2.25. The van der Waals surface area contributed by atoms with Gasteiger partial charge in [-0.15, -0.1) is 0 Å². The van der Waals surface area contributed by atoms with E-state index in [4.69, 9.17) is 11.0 Å². The Hall–Kier alpha value is -1.95. The van der Waals surface area contributed by atoms with E-state index >= 15 is 0 Å². The third kappa shape index (κ3) is 0.960. The molecule has 0 aliphatic rings. The van der Waals surface area contributed by atoms with Gasteiger partial charge in [0.25, 0.3) is 0 Å². The maximum Gasteiger partial charge on any atom is 0.101 e. The van der Waals surface area contributed by atoms with Crippen LogP contribution in [-0.4, -0.2) is 4.57 Å². The standard InChI is InChI=1S/C10H9N3/c1-13-6-7(5-11)10-8(12)3-2-4-9(10)13/h2-4,6H,12H2,1H3.